The molecule has 5 nitrogen and oxygen atoms in total. The highest BCUT2D eigenvalue weighted by Gasteiger charge is 2.16. The summed E-state index contributed by atoms with van der Waals surface area (Å²) in [6.45, 7) is -0.0868. The van der Waals surface area contributed by atoms with Gasteiger partial charge in [-0.2, -0.15) is 0 Å². The van der Waals surface area contributed by atoms with Gasteiger partial charge in [-0.3, -0.25) is 9.59 Å². The zero-order valence-corrected chi connectivity index (χ0v) is 16.7. The van der Waals surface area contributed by atoms with Crippen molar-refractivity contribution in [1.82, 2.24) is 5.32 Å². The van der Waals surface area contributed by atoms with Crippen LogP contribution in [0.25, 0.3) is 0 Å². The lowest BCUT2D eigenvalue weighted by atomic mass is 10.2. The molecule has 1 fully saturated rings. The van der Waals surface area contributed by atoms with Crippen LogP contribution < -0.4 is 15.4 Å². The molecule has 0 atom stereocenters. The van der Waals surface area contributed by atoms with E-state index < -0.39 is 0 Å². The van der Waals surface area contributed by atoms with Crippen molar-refractivity contribution >= 4 is 41.0 Å². The lowest BCUT2D eigenvalue weighted by Crippen LogP contribution is -2.21. The second-order valence-electron chi connectivity index (χ2n) is 5.99. The standard InChI is InChI=1S/C20H22N2O3S2/c1-21-19(24)15-4-2-5-16(12-15)22-18(23)13-25-17-8-6-14(7-9-17)20-26-10-3-11-27-20/h2,4-9,12,20H,3,10-11,13H2,1H3,(H,21,24)(H,22,23). The molecule has 27 heavy (non-hydrogen) atoms. The van der Waals surface area contributed by atoms with Gasteiger partial charge in [0.05, 0.1) is 4.58 Å². The lowest BCUT2D eigenvalue weighted by molar-refractivity contribution is -0.118. The molecule has 1 heterocycles. The topological polar surface area (TPSA) is 67.4 Å². The van der Waals surface area contributed by atoms with Crippen molar-refractivity contribution in [1.29, 1.82) is 0 Å². The summed E-state index contributed by atoms with van der Waals surface area (Å²) in [4.78, 5) is 23.8. The Kier molecular flexibility index (Phi) is 7.06. The fraction of sp³-hybridized carbons (Fsp3) is 0.300. The van der Waals surface area contributed by atoms with Gasteiger partial charge in [0.2, 0.25) is 0 Å². The third-order valence-corrected chi connectivity index (χ3v) is 7.00. The molecule has 0 spiro atoms. The van der Waals surface area contributed by atoms with E-state index in [4.69, 9.17) is 4.74 Å². The Morgan fingerprint density at radius 3 is 2.56 bits per heavy atom. The van der Waals surface area contributed by atoms with E-state index in [0.717, 1.165) is 0 Å². The van der Waals surface area contributed by atoms with Crippen LogP contribution in [0.15, 0.2) is 48.5 Å². The molecule has 3 rings (SSSR count). The second-order valence-corrected chi connectivity index (χ2v) is 8.72. The van der Waals surface area contributed by atoms with Crippen molar-refractivity contribution in [2.24, 2.45) is 0 Å². The first-order valence-corrected chi connectivity index (χ1v) is 10.8. The third kappa shape index (κ3) is 5.68. The quantitative estimate of drug-likeness (QED) is 0.766. The summed E-state index contributed by atoms with van der Waals surface area (Å²) in [6, 6.07) is 14.7. The van der Waals surface area contributed by atoms with E-state index in [1.54, 1.807) is 31.3 Å². The molecule has 2 aromatic carbocycles. The highest BCUT2D eigenvalue weighted by molar-refractivity contribution is 8.16. The average Bonchev–Trinajstić information content (AvgIpc) is 2.73. The Morgan fingerprint density at radius 1 is 1.11 bits per heavy atom. The van der Waals surface area contributed by atoms with Crippen molar-refractivity contribution in [2.45, 2.75) is 11.0 Å². The molecule has 0 aliphatic carbocycles. The number of carbonyl (C=O) groups is 2. The molecule has 1 aliphatic heterocycles. The van der Waals surface area contributed by atoms with Crippen molar-refractivity contribution < 1.29 is 14.3 Å². The number of benzene rings is 2. The summed E-state index contributed by atoms with van der Waals surface area (Å²) >= 11 is 3.95. The molecule has 1 saturated heterocycles. The summed E-state index contributed by atoms with van der Waals surface area (Å²) in [5.41, 5.74) is 2.34. The second kappa shape index (κ2) is 9.71. The van der Waals surface area contributed by atoms with E-state index in [0.29, 0.717) is 21.6 Å². The Labute approximate surface area is 167 Å². The van der Waals surface area contributed by atoms with E-state index in [9.17, 15) is 9.59 Å². The summed E-state index contributed by atoms with van der Waals surface area (Å²) in [5, 5.41) is 5.30. The highest BCUT2D eigenvalue weighted by Crippen LogP contribution is 2.43. The molecule has 0 unspecified atom stereocenters. The summed E-state index contributed by atoms with van der Waals surface area (Å²) in [5.74, 6) is 2.61. The van der Waals surface area contributed by atoms with Crippen molar-refractivity contribution in [3.8, 4) is 5.75 Å². The molecular formula is C20H22N2O3S2. The van der Waals surface area contributed by atoms with Crippen LogP contribution in [0.1, 0.15) is 26.9 Å². The van der Waals surface area contributed by atoms with E-state index in [1.807, 2.05) is 35.7 Å². The van der Waals surface area contributed by atoms with Crippen LogP contribution in [0.5, 0.6) is 5.75 Å². The van der Waals surface area contributed by atoms with Crippen molar-refractivity contribution in [2.75, 3.05) is 30.5 Å². The number of hydrogen-bond donors (Lipinski definition) is 2. The Balaban J connectivity index is 1.51. The molecule has 142 valence electrons. The maximum Gasteiger partial charge on any atom is 0.262 e. The smallest absolute Gasteiger partial charge is 0.262 e. The van der Waals surface area contributed by atoms with Crippen LogP contribution in [-0.2, 0) is 4.79 Å². The number of thioether (sulfide) groups is 2. The van der Waals surface area contributed by atoms with Gasteiger partial charge in [0.15, 0.2) is 6.61 Å². The predicted molar refractivity (Wildman–Crippen MR) is 113 cm³/mol. The molecule has 0 radical (unpaired) electrons. The first-order valence-electron chi connectivity index (χ1n) is 8.73. The molecule has 7 heteroatoms. The normalized spacial score (nSPS) is 14.4. The van der Waals surface area contributed by atoms with Gasteiger partial charge in [-0.1, -0.05) is 18.2 Å². The fourth-order valence-electron chi connectivity index (χ4n) is 2.63. The number of rotatable bonds is 6. The molecular weight excluding hydrogens is 380 g/mol. The Hall–Kier alpha value is -2.12. The highest BCUT2D eigenvalue weighted by atomic mass is 32.2. The van der Waals surface area contributed by atoms with Gasteiger partial charge in [-0.15, -0.1) is 23.5 Å². The summed E-state index contributed by atoms with van der Waals surface area (Å²) < 4.78 is 6.07. The molecule has 0 saturated carbocycles. The number of ether oxygens (including phenoxy) is 1. The van der Waals surface area contributed by atoms with Gasteiger partial charge in [0, 0.05) is 18.3 Å². The number of anilines is 1. The van der Waals surface area contributed by atoms with Crippen LogP contribution >= 0.6 is 23.5 Å². The molecule has 2 amide bonds. The van der Waals surface area contributed by atoms with Crippen LogP contribution in [0.4, 0.5) is 5.69 Å². The maximum absolute atomic E-state index is 12.1. The monoisotopic (exact) mass is 402 g/mol. The van der Waals surface area contributed by atoms with Crippen LogP contribution in [0.3, 0.4) is 0 Å². The zero-order chi connectivity index (χ0) is 19.1. The zero-order valence-electron chi connectivity index (χ0n) is 15.1. The number of nitrogens with one attached hydrogen (secondary N) is 2. The molecule has 2 N–H and O–H groups in total. The molecule has 0 bridgehead atoms. The number of hydrogen-bond acceptors (Lipinski definition) is 5. The van der Waals surface area contributed by atoms with Gasteiger partial charge < -0.3 is 15.4 Å². The molecule has 1 aliphatic rings. The minimum Gasteiger partial charge on any atom is -0.484 e. The molecule has 2 aromatic rings. The number of amides is 2. The first-order chi connectivity index (χ1) is 13.2. The van der Waals surface area contributed by atoms with E-state index in [2.05, 4.69) is 22.8 Å². The number of carbonyl (C=O) groups excluding carboxylic acids is 2. The van der Waals surface area contributed by atoms with Crippen molar-refractivity contribution in [3.63, 3.8) is 0 Å². The first kappa shape index (κ1) is 19.6. The average molecular weight is 403 g/mol. The van der Waals surface area contributed by atoms with Crippen LogP contribution in [0, 0.1) is 0 Å². The van der Waals surface area contributed by atoms with Gasteiger partial charge >= 0.3 is 0 Å². The van der Waals surface area contributed by atoms with Gasteiger partial charge in [-0.25, -0.2) is 0 Å². The van der Waals surface area contributed by atoms with E-state index >= 15 is 0 Å². The Bertz CT molecular complexity index is 790. The minimum absolute atomic E-state index is 0.0868. The molecule has 0 aromatic heterocycles. The summed E-state index contributed by atoms with van der Waals surface area (Å²) in [7, 11) is 1.57. The maximum atomic E-state index is 12.1. The SMILES string of the molecule is CNC(=O)c1cccc(NC(=O)COc2ccc(C3SCCCS3)cc2)c1. The summed E-state index contributed by atoms with van der Waals surface area (Å²) in [6.07, 6.45) is 1.27. The fourth-order valence-corrected chi connectivity index (χ4v) is 5.52. The van der Waals surface area contributed by atoms with E-state index in [-0.39, 0.29) is 18.4 Å². The van der Waals surface area contributed by atoms with Crippen molar-refractivity contribution in [3.05, 3.63) is 59.7 Å². The van der Waals surface area contributed by atoms with Crippen LogP contribution in [-0.4, -0.2) is 37.0 Å². The predicted octanol–water partition coefficient (Wildman–Crippen LogP) is 3.93. The van der Waals surface area contributed by atoms with Gasteiger partial charge in [0.1, 0.15) is 5.75 Å². The van der Waals surface area contributed by atoms with Gasteiger partial charge in [-0.05, 0) is 53.8 Å². The largest absolute Gasteiger partial charge is 0.484 e. The third-order valence-electron chi connectivity index (χ3n) is 3.98. The Morgan fingerprint density at radius 2 is 1.85 bits per heavy atom. The van der Waals surface area contributed by atoms with Crippen LogP contribution in [0.2, 0.25) is 0 Å². The van der Waals surface area contributed by atoms with E-state index in [1.165, 1.54) is 23.5 Å². The van der Waals surface area contributed by atoms with Gasteiger partial charge in [0.25, 0.3) is 11.8 Å². The minimum atomic E-state index is -0.272. The lowest BCUT2D eigenvalue weighted by Gasteiger charge is -2.21.